The van der Waals surface area contributed by atoms with Crippen LogP contribution in [0.5, 0.6) is 5.75 Å². The van der Waals surface area contributed by atoms with E-state index in [1.807, 2.05) is 18.2 Å². The Bertz CT molecular complexity index is 556. The Hall–Kier alpha value is -1.51. The average molecular weight is 290 g/mol. The molecule has 106 valence electrons. The highest BCUT2D eigenvalue weighted by Crippen LogP contribution is 2.25. The summed E-state index contributed by atoms with van der Waals surface area (Å²) in [6, 6.07) is 17.0. The molecule has 0 aromatic heterocycles. The van der Waals surface area contributed by atoms with E-state index >= 15 is 0 Å². The fraction of sp³-hybridized carbons (Fsp3) is 0.294. The third-order valence-corrected chi connectivity index (χ3v) is 3.69. The van der Waals surface area contributed by atoms with Gasteiger partial charge in [0.05, 0.1) is 0 Å². The zero-order chi connectivity index (χ0) is 13.1. The normalized spacial score (nSPS) is 16.9. The molecule has 2 nitrogen and oxygen atoms in total. The maximum absolute atomic E-state index is 5.99. The first-order valence-electron chi connectivity index (χ1n) is 6.85. The Kier molecular flexibility index (Phi) is 5.05. The summed E-state index contributed by atoms with van der Waals surface area (Å²) >= 11 is 0. The molecule has 1 atom stereocenters. The van der Waals surface area contributed by atoms with Crippen molar-refractivity contribution in [3.05, 3.63) is 65.2 Å². The van der Waals surface area contributed by atoms with Crippen molar-refractivity contribution in [2.45, 2.75) is 31.9 Å². The molecular formula is C17H20ClNO. The molecule has 0 saturated carbocycles. The molecule has 0 radical (unpaired) electrons. The average Bonchev–Trinajstić information content (AvgIpc) is 2.46. The van der Waals surface area contributed by atoms with Crippen LogP contribution in [0, 0.1) is 0 Å². The van der Waals surface area contributed by atoms with Crippen LogP contribution < -0.4 is 10.5 Å². The van der Waals surface area contributed by atoms with E-state index in [4.69, 9.17) is 10.5 Å². The third kappa shape index (κ3) is 3.53. The number of benzene rings is 2. The zero-order valence-electron chi connectivity index (χ0n) is 11.4. The lowest BCUT2D eigenvalue weighted by molar-refractivity contribution is 0.305. The van der Waals surface area contributed by atoms with Crippen molar-refractivity contribution in [1.29, 1.82) is 0 Å². The second kappa shape index (κ2) is 6.78. The first kappa shape index (κ1) is 14.9. The maximum Gasteiger partial charge on any atom is 0.120 e. The molecule has 3 heteroatoms. The molecule has 3 rings (SSSR count). The van der Waals surface area contributed by atoms with Gasteiger partial charge < -0.3 is 10.5 Å². The van der Waals surface area contributed by atoms with Crippen LogP contribution in [-0.2, 0) is 19.4 Å². The fourth-order valence-electron chi connectivity index (χ4n) is 2.59. The molecule has 20 heavy (non-hydrogen) atoms. The number of aryl methyl sites for hydroxylation is 1. The summed E-state index contributed by atoms with van der Waals surface area (Å²) in [5.74, 6) is 0.957. The van der Waals surface area contributed by atoms with Crippen molar-refractivity contribution in [2.24, 2.45) is 5.73 Å². The zero-order valence-corrected chi connectivity index (χ0v) is 12.2. The van der Waals surface area contributed by atoms with Gasteiger partial charge in [-0.1, -0.05) is 36.4 Å². The smallest absolute Gasteiger partial charge is 0.120 e. The standard InChI is InChI=1S/C17H19NO.ClH/c18-16-8-6-15-11-17(9-7-14(15)10-16)19-12-13-4-2-1-3-5-13;/h1-5,7,9,11,16H,6,8,10,12,18H2;1H. The number of halogens is 1. The number of fused-ring (bicyclic) bond motifs is 1. The van der Waals surface area contributed by atoms with Crippen molar-refractivity contribution >= 4 is 12.4 Å². The van der Waals surface area contributed by atoms with Crippen LogP contribution >= 0.6 is 12.4 Å². The molecule has 0 aliphatic heterocycles. The van der Waals surface area contributed by atoms with Gasteiger partial charge in [-0.2, -0.15) is 0 Å². The molecular weight excluding hydrogens is 270 g/mol. The van der Waals surface area contributed by atoms with Crippen LogP contribution in [0.2, 0.25) is 0 Å². The number of hydrogen-bond donors (Lipinski definition) is 1. The highest BCUT2D eigenvalue weighted by molar-refractivity contribution is 5.85. The molecule has 0 saturated heterocycles. The number of ether oxygens (including phenoxy) is 1. The molecule has 0 bridgehead atoms. The Morgan fingerprint density at radius 3 is 2.65 bits per heavy atom. The van der Waals surface area contributed by atoms with Gasteiger partial charge in [0.1, 0.15) is 12.4 Å². The van der Waals surface area contributed by atoms with E-state index in [0.29, 0.717) is 12.6 Å². The van der Waals surface area contributed by atoms with E-state index in [1.54, 1.807) is 0 Å². The number of rotatable bonds is 3. The molecule has 2 aromatic carbocycles. The number of hydrogen-bond acceptors (Lipinski definition) is 2. The van der Waals surface area contributed by atoms with Crippen LogP contribution in [0.25, 0.3) is 0 Å². The SMILES string of the molecule is Cl.NC1CCc2cc(OCc3ccccc3)ccc2C1. The molecule has 2 N–H and O–H groups in total. The molecule has 1 aliphatic rings. The van der Waals surface area contributed by atoms with E-state index < -0.39 is 0 Å². The van der Waals surface area contributed by atoms with Crippen LogP contribution in [0.1, 0.15) is 23.1 Å². The van der Waals surface area contributed by atoms with Gasteiger partial charge in [0, 0.05) is 6.04 Å². The van der Waals surface area contributed by atoms with Gasteiger partial charge in [-0.3, -0.25) is 0 Å². The lowest BCUT2D eigenvalue weighted by Crippen LogP contribution is -2.27. The molecule has 0 amide bonds. The van der Waals surface area contributed by atoms with Crippen LogP contribution in [0.3, 0.4) is 0 Å². The Labute approximate surface area is 126 Å². The molecule has 2 aromatic rings. The first-order valence-corrected chi connectivity index (χ1v) is 6.85. The quantitative estimate of drug-likeness (QED) is 0.938. The van der Waals surface area contributed by atoms with Gasteiger partial charge in [-0.25, -0.2) is 0 Å². The molecule has 1 aliphatic carbocycles. The summed E-state index contributed by atoms with van der Waals surface area (Å²) in [7, 11) is 0. The molecule has 0 heterocycles. The monoisotopic (exact) mass is 289 g/mol. The second-order valence-corrected chi connectivity index (χ2v) is 5.21. The van der Waals surface area contributed by atoms with Crippen molar-refractivity contribution in [3.8, 4) is 5.75 Å². The third-order valence-electron chi connectivity index (χ3n) is 3.69. The molecule has 1 unspecified atom stereocenters. The minimum Gasteiger partial charge on any atom is -0.489 e. The van der Waals surface area contributed by atoms with E-state index in [-0.39, 0.29) is 12.4 Å². The van der Waals surface area contributed by atoms with Gasteiger partial charge in [0.25, 0.3) is 0 Å². The Morgan fingerprint density at radius 2 is 1.85 bits per heavy atom. The van der Waals surface area contributed by atoms with E-state index in [9.17, 15) is 0 Å². The minimum atomic E-state index is 0. The lowest BCUT2D eigenvalue weighted by Gasteiger charge is -2.22. The van der Waals surface area contributed by atoms with E-state index in [2.05, 4.69) is 30.3 Å². The van der Waals surface area contributed by atoms with Gasteiger partial charge in [0.15, 0.2) is 0 Å². The van der Waals surface area contributed by atoms with Crippen molar-refractivity contribution in [2.75, 3.05) is 0 Å². The van der Waals surface area contributed by atoms with Crippen LogP contribution in [0.4, 0.5) is 0 Å². The predicted molar refractivity (Wildman–Crippen MR) is 84.5 cm³/mol. The minimum absolute atomic E-state index is 0. The highest BCUT2D eigenvalue weighted by atomic mass is 35.5. The number of nitrogens with two attached hydrogens (primary N) is 1. The predicted octanol–water partition coefficient (Wildman–Crippen LogP) is 3.50. The van der Waals surface area contributed by atoms with Gasteiger partial charge in [-0.05, 0) is 48.1 Å². The topological polar surface area (TPSA) is 35.2 Å². The van der Waals surface area contributed by atoms with Crippen molar-refractivity contribution in [3.63, 3.8) is 0 Å². The summed E-state index contributed by atoms with van der Waals surface area (Å²) in [5, 5.41) is 0. The van der Waals surface area contributed by atoms with Gasteiger partial charge in [0.2, 0.25) is 0 Å². The Morgan fingerprint density at radius 1 is 1.05 bits per heavy atom. The summed E-state index contributed by atoms with van der Waals surface area (Å²) in [6.07, 6.45) is 3.14. The van der Waals surface area contributed by atoms with Crippen LogP contribution in [0.15, 0.2) is 48.5 Å². The van der Waals surface area contributed by atoms with Crippen molar-refractivity contribution < 1.29 is 4.74 Å². The van der Waals surface area contributed by atoms with E-state index in [1.165, 1.54) is 16.7 Å². The van der Waals surface area contributed by atoms with Gasteiger partial charge >= 0.3 is 0 Å². The fourth-order valence-corrected chi connectivity index (χ4v) is 2.59. The maximum atomic E-state index is 5.99. The highest BCUT2D eigenvalue weighted by Gasteiger charge is 2.15. The summed E-state index contributed by atoms with van der Waals surface area (Å²) < 4.78 is 5.85. The van der Waals surface area contributed by atoms with Gasteiger partial charge in [-0.15, -0.1) is 12.4 Å². The first-order chi connectivity index (χ1) is 9.31. The Balaban J connectivity index is 0.00000147. The van der Waals surface area contributed by atoms with Crippen molar-refractivity contribution in [1.82, 2.24) is 0 Å². The lowest BCUT2D eigenvalue weighted by atomic mass is 9.89. The summed E-state index contributed by atoms with van der Waals surface area (Å²) in [4.78, 5) is 0. The van der Waals surface area contributed by atoms with E-state index in [0.717, 1.165) is 25.0 Å². The largest absolute Gasteiger partial charge is 0.489 e. The summed E-state index contributed by atoms with van der Waals surface area (Å²) in [5.41, 5.74) is 9.96. The summed E-state index contributed by atoms with van der Waals surface area (Å²) in [6.45, 7) is 0.624. The molecule has 0 spiro atoms. The molecule has 0 fully saturated rings. The second-order valence-electron chi connectivity index (χ2n) is 5.21. The van der Waals surface area contributed by atoms with Crippen LogP contribution in [-0.4, -0.2) is 6.04 Å².